The molecular formula is C9H17N. The second-order valence-corrected chi connectivity index (χ2v) is 3.08. The average Bonchev–Trinajstić information content (AvgIpc) is 2.14. The summed E-state index contributed by atoms with van der Waals surface area (Å²) in [7, 11) is 2.19. The molecule has 0 spiro atoms. The Morgan fingerprint density at radius 2 is 2.40 bits per heavy atom. The van der Waals surface area contributed by atoms with Crippen LogP contribution in [-0.2, 0) is 0 Å². The van der Waals surface area contributed by atoms with Gasteiger partial charge in [-0.1, -0.05) is 18.6 Å². The highest BCUT2D eigenvalue weighted by Gasteiger charge is 2.03. The van der Waals surface area contributed by atoms with Gasteiger partial charge in [0.15, 0.2) is 0 Å². The lowest BCUT2D eigenvalue weighted by atomic mass is 10.1. The summed E-state index contributed by atoms with van der Waals surface area (Å²) in [6.07, 6.45) is 6.29. The Hall–Kier alpha value is -0.300. The largest absolute Gasteiger partial charge is 0.303 e. The predicted octanol–water partition coefficient (Wildman–Crippen LogP) is 2.05. The van der Waals surface area contributed by atoms with E-state index in [-0.39, 0.29) is 0 Å². The van der Waals surface area contributed by atoms with E-state index in [1.54, 1.807) is 5.57 Å². The zero-order valence-electron chi connectivity index (χ0n) is 7.06. The second-order valence-electron chi connectivity index (χ2n) is 3.08. The summed E-state index contributed by atoms with van der Waals surface area (Å²) < 4.78 is 0. The van der Waals surface area contributed by atoms with Crippen LogP contribution in [-0.4, -0.2) is 25.0 Å². The van der Waals surface area contributed by atoms with Gasteiger partial charge >= 0.3 is 0 Å². The van der Waals surface area contributed by atoms with E-state index in [1.807, 2.05) is 0 Å². The molecule has 0 unspecified atom stereocenters. The van der Waals surface area contributed by atoms with Crippen LogP contribution in [0.4, 0.5) is 0 Å². The molecule has 10 heavy (non-hydrogen) atoms. The van der Waals surface area contributed by atoms with Gasteiger partial charge < -0.3 is 4.90 Å². The Morgan fingerprint density at radius 3 is 3.10 bits per heavy atom. The molecule has 0 atom stereocenters. The molecule has 1 rings (SSSR count). The van der Waals surface area contributed by atoms with Gasteiger partial charge in [-0.3, -0.25) is 0 Å². The Morgan fingerprint density at radius 1 is 1.60 bits per heavy atom. The van der Waals surface area contributed by atoms with Gasteiger partial charge in [0, 0.05) is 6.54 Å². The van der Waals surface area contributed by atoms with Crippen LogP contribution < -0.4 is 0 Å². The van der Waals surface area contributed by atoms with Gasteiger partial charge in [-0.2, -0.15) is 0 Å². The molecule has 0 fully saturated rings. The smallest absolute Gasteiger partial charge is 0.0162 e. The number of rotatable bonds is 1. The molecule has 0 aliphatic carbocycles. The van der Waals surface area contributed by atoms with Crippen molar-refractivity contribution in [1.29, 1.82) is 0 Å². The predicted molar refractivity (Wildman–Crippen MR) is 45.1 cm³/mol. The van der Waals surface area contributed by atoms with E-state index in [0.29, 0.717) is 0 Å². The van der Waals surface area contributed by atoms with Gasteiger partial charge in [0.1, 0.15) is 0 Å². The van der Waals surface area contributed by atoms with Crippen molar-refractivity contribution >= 4 is 0 Å². The van der Waals surface area contributed by atoms with Crippen LogP contribution in [0.15, 0.2) is 11.6 Å². The highest BCUT2D eigenvalue weighted by Crippen LogP contribution is 2.12. The third-order valence-electron chi connectivity index (χ3n) is 2.18. The second kappa shape index (κ2) is 3.77. The molecule has 0 bridgehead atoms. The van der Waals surface area contributed by atoms with Crippen molar-refractivity contribution in [3.63, 3.8) is 0 Å². The molecular weight excluding hydrogens is 122 g/mol. The molecule has 1 nitrogen and oxygen atoms in total. The minimum absolute atomic E-state index is 1.16. The third kappa shape index (κ3) is 2.14. The Balaban J connectivity index is 2.43. The van der Waals surface area contributed by atoms with Gasteiger partial charge in [0.25, 0.3) is 0 Å². The minimum Gasteiger partial charge on any atom is -0.303 e. The molecule has 0 aromatic heterocycles. The number of hydrogen-bond acceptors (Lipinski definition) is 1. The molecule has 1 heterocycles. The van der Waals surface area contributed by atoms with Gasteiger partial charge in [0.05, 0.1) is 0 Å². The van der Waals surface area contributed by atoms with Crippen molar-refractivity contribution in [2.75, 3.05) is 20.1 Å². The lowest BCUT2D eigenvalue weighted by Gasteiger charge is -2.09. The van der Waals surface area contributed by atoms with Crippen LogP contribution in [0.25, 0.3) is 0 Å². The van der Waals surface area contributed by atoms with E-state index < -0.39 is 0 Å². The van der Waals surface area contributed by atoms with Crippen molar-refractivity contribution in [2.24, 2.45) is 0 Å². The van der Waals surface area contributed by atoms with Crippen molar-refractivity contribution in [3.05, 3.63) is 11.6 Å². The van der Waals surface area contributed by atoms with Crippen molar-refractivity contribution in [1.82, 2.24) is 4.90 Å². The van der Waals surface area contributed by atoms with Crippen LogP contribution >= 0.6 is 0 Å². The van der Waals surface area contributed by atoms with E-state index in [1.165, 1.54) is 25.8 Å². The van der Waals surface area contributed by atoms with Crippen LogP contribution in [0.1, 0.15) is 26.2 Å². The molecule has 0 aromatic carbocycles. The fourth-order valence-corrected chi connectivity index (χ4v) is 1.38. The standard InChI is InChI=1S/C9H17N/c1-3-9-5-4-7-10(2)8-6-9/h6H,3-5,7-8H2,1-2H3. The monoisotopic (exact) mass is 139 g/mol. The minimum atomic E-state index is 1.16. The third-order valence-corrected chi connectivity index (χ3v) is 2.18. The summed E-state index contributed by atoms with van der Waals surface area (Å²) in [6.45, 7) is 4.67. The fraction of sp³-hybridized carbons (Fsp3) is 0.778. The summed E-state index contributed by atoms with van der Waals surface area (Å²) >= 11 is 0. The van der Waals surface area contributed by atoms with Crippen LogP contribution in [0, 0.1) is 0 Å². The average molecular weight is 139 g/mol. The molecule has 0 radical (unpaired) electrons. The summed E-state index contributed by atoms with van der Waals surface area (Å²) in [5.74, 6) is 0. The summed E-state index contributed by atoms with van der Waals surface area (Å²) in [5, 5.41) is 0. The van der Waals surface area contributed by atoms with Crippen molar-refractivity contribution < 1.29 is 0 Å². The Labute approximate surface area is 63.7 Å². The zero-order valence-corrected chi connectivity index (χ0v) is 7.06. The summed E-state index contributed by atoms with van der Waals surface area (Å²) in [6, 6.07) is 0. The lowest BCUT2D eigenvalue weighted by molar-refractivity contribution is 0.372. The zero-order chi connectivity index (χ0) is 7.40. The molecule has 1 aliphatic rings. The van der Waals surface area contributed by atoms with Gasteiger partial charge in [-0.25, -0.2) is 0 Å². The maximum atomic E-state index is 2.38. The molecule has 1 heteroatoms. The number of allylic oxidation sites excluding steroid dienone is 1. The van der Waals surface area contributed by atoms with Crippen LogP contribution in [0.3, 0.4) is 0 Å². The summed E-state index contributed by atoms with van der Waals surface area (Å²) in [4.78, 5) is 2.38. The first-order valence-corrected chi connectivity index (χ1v) is 4.19. The number of likely N-dealkylation sites (N-methyl/N-ethyl adjacent to an activating group) is 1. The van der Waals surface area contributed by atoms with Crippen molar-refractivity contribution in [3.8, 4) is 0 Å². The number of hydrogen-bond donors (Lipinski definition) is 0. The van der Waals surface area contributed by atoms with E-state index in [2.05, 4.69) is 24.9 Å². The van der Waals surface area contributed by atoms with E-state index in [4.69, 9.17) is 0 Å². The molecule has 1 aliphatic heterocycles. The molecule has 58 valence electrons. The van der Waals surface area contributed by atoms with Crippen LogP contribution in [0.2, 0.25) is 0 Å². The lowest BCUT2D eigenvalue weighted by Crippen LogP contribution is -2.17. The SMILES string of the molecule is CCC1=CCN(C)CCC1. The highest BCUT2D eigenvalue weighted by atomic mass is 15.1. The Bertz CT molecular complexity index is 127. The molecule has 0 amide bonds. The molecule has 0 saturated carbocycles. The molecule has 0 aromatic rings. The summed E-state index contributed by atoms with van der Waals surface area (Å²) in [5.41, 5.74) is 1.64. The number of nitrogens with zero attached hydrogens (tertiary/aromatic N) is 1. The maximum absolute atomic E-state index is 2.38. The quantitative estimate of drug-likeness (QED) is 0.502. The van der Waals surface area contributed by atoms with E-state index >= 15 is 0 Å². The molecule has 0 saturated heterocycles. The normalized spacial score (nSPS) is 22.0. The maximum Gasteiger partial charge on any atom is 0.0162 e. The topological polar surface area (TPSA) is 3.24 Å². The molecule has 0 N–H and O–H groups in total. The van der Waals surface area contributed by atoms with Gasteiger partial charge in [-0.05, 0) is 32.9 Å². The Kier molecular flexibility index (Phi) is 2.94. The van der Waals surface area contributed by atoms with Crippen LogP contribution in [0.5, 0.6) is 0 Å². The van der Waals surface area contributed by atoms with E-state index in [9.17, 15) is 0 Å². The van der Waals surface area contributed by atoms with Crippen molar-refractivity contribution in [2.45, 2.75) is 26.2 Å². The fourth-order valence-electron chi connectivity index (χ4n) is 1.38. The first-order valence-electron chi connectivity index (χ1n) is 4.19. The van der Waals surface area contributed by atoms with E-state index in [0.717, 1.165) is 6.54 Å². The highest BCUT2D eigenvalue weighted by molar-refractivity contribution is 5.03. The van der Waals surface area contributed by atoms with Gasteiger partial charge in [0.2, 0.25) is 0 Å². The first kappa shape index (κ1) is 7.80. The van der Waals surface area contributed by atoms with Gasteiger partial charge in [-0.15, -0.1) is 0 Å². The first-order chi connectivity index (χ1) is 4.83.